The molecule has 126 valence electrons. The van der Waals surface area contributed by atoms with Crippen molar-refractivity contribution in [2.75, 3.05) is 13.2 Å². The number of rotatable bonds is 4. The van der Waals surface area contributed by atoms with Gasteiger partial charge in [0.25, 0.3) is 11.5 Å². The molecule has 0 aromatic carbocycles. The molecule has 0 spiro atoms. The summed E-state index contributed by atoms with van der Waals surface area (Å²) in [7, 11) is 0. The molecule has 0 radical (unpaired) electrons. The molecule has 2 aromatic heterocycles. The molecular weight excluding hydrogens is 310 g/mol. The van der Waals surface area contributed by atoms with Gasteiger partial charge in [0.2, 0.25) is 0 Å². The summed E-state index contributed by atoms with van der Waals surface area (Å²) in [6.45, 7) is 2.51. The maximum atomic E-state index is 12.4. The Morgan fingerprint density at radius 1 is 1.38 bits per heavy atom. The van der Waals surface area contributed by atoms with Gasteiger partial charge >= 0.3 is 0 Å². The standard InChI is InChI=1S/C16H19N5O3/c1-9-2-5-15(22)21(20-9)14-8-24-7-13(14)17-16(23)12-6-11(18-19-12)10-3-4-10/h2,5-6,10,13-14H,3-4,7-8H2,1H3,(H,17,23)(H,18,19). The predicted molar refractivity (Wildman–Crippen MR) is 84.9 cm³/mol. The van der Waals surface area contributed by atoms with E-state index in [9.17, 15) is 9.59 Å². The minimum atomic E-state index is -0.316. The first-order chi connectivity index (χ1) is 11.6. The van der Waals surface area contributed by atoms with Gasteiger partial charge in [-0.05, 0) is 31.9 Å². The van der Waals surface area contributed by atoms with Crippen molar-refractivity contribution < 1.29 is 9.53 Å². The van der Waals surface area contributed by atoms with Crippen molar-refractivity contribution in [2.24, 2.45) is 0 Å². The lowest BCUT2D eigenvalue weighted by Crippen LogP contribution is -2.44. The molecule has 1 aliphatic heterocycles. The monoisotopic (exact) mass is 329 g/mol. The van der Waals surface area contributed by atoms with Gasteiger partial charge in [-0.2, -0.15) is 10.2 Å². The Morgan fingerprint density at radius 3 is 3.00 bits per heavy atom. The zero-order valence-corrected chi connectivity index (χ0v) is 13.4. The van der Waals surface area contributed by atoms with Gasteiger partial charge in [-0.25, -0.2) is 4.68 Å². The zero-order valence-electron chi connectivity index (χ0n) is 13.4. The highest BCUT2D eigenvalue weighted by molar-refractivity contribution is 5.92. The smallest absolute Gasteiger partial charge is 0.272 e. The van der Waals surface area contributed by atoms with E-state index in [2.05, 4.69) is 20.6 Å². The van der Waals surface area contributed by atoms with Gasteiger partial charge < -0.3 is 10.1 Å². The average Bonchev–Trinajstić information content (AvgIpc) is 3.11. The van der Waals surface area contributed by atoms with E-state index in [0.29, 0.717) is 24.8 Å². The molecule has 24 heavy (non-hydrogen) atoms. The summed E-state index contributed by atoms with van der Waals surface area (Å²) >= 11 is 0. The molecule has 2 aliphatic rings. The third-order valence-corrected chi connectivity index (χ3v) is 4.49. The van der Waals surface area contributed by atoms with Gasteiger partial charge in [-0.1, -0.05) is 0 Å². The molecule has 8 nitrogen and oxygen atoms in total. The Kier molecular flexibility index (Phi) is 3.68. The second-order valence-electron chi connectivity index (χ2n) is 6.43. The number of carbonyl (C=O) groups excluding carboxylic acids is 1. The van der Waals surface area contributed by atoms with Gasteiger partial charge in [0.05, 0.1) is 24.9 Å². The summed E-state index contributed by atoms with van der Waals surface area (Å²) in [4.78, 5) is 24.5. The van der Waals surface area contributed by atoms with Gasteiger partial charge in [-0.3, -0.25) is 14.7 Å². The lowest BCUT2D eigenvalue weighted by molar-refractivity contribution is 0.0919. The van der Waals surface area contributed by atoms with Crippen LogP contribution in [0, 0.1) is 6.92 Å². The summed E-state index contributed by atoms with van der Waals surface area (Å²) in [5.41, 5.74) is 1.92. The molecule has 2 unspecified atom stereocenters. The number of amides is 1. The lowest BCUT2D eigenvalue weighted by Gasteiger charge is -2.19. The average molecular weight is 329 g/mol. The fourth-order valence-corrected chi connectivity index (χ4v) is 2.98. The predicted octanol–water partition coefficient (Wildman–Crippen LogP) is 0.522. The van der Waals surface area contributed by atoms with Crippen molar-refractivity contribution in [2.45, 2.75) is 37.8 Å². The molecular formula is C16H19N5O3. The molecule has 2 atom stereocenters. The molecule has 3 heterocycles. The van der Waals surface area contributed by atoms with Gasteiger partial charge in [0, 0.05) is 17.7 Å². The van der Waals surface area contributed by atoms with Crippen LogP contribution >= 0.6 is 0 Å². The van der Waals surface area contributed by atoms with Crippen LogP contribution < -0.4 is 10.9 Å². The lowest BCUT2D eigenvalue weighted by atomic mass is 10.1. The van der Waals surface area contributed by atoms with E-state index in [4.69, 9.17) is 4.74 Å². The maximum Gasteiger partial charge on any atom is 0.272 e. The van der Waals surface area contributed by atoms with E-state index in [-0.39, 0.29) is 23.6 Å². The van der Waals surface area contributed by atoms with Crippen LogP contribution in [0.1, 0.15) is 46.7 Å². The Hall–Kier alpha value is -2.48. The molecule has 2 N–H and O–H groups in total. The molecule has 8 heteroatoms. The first kappa shape index (κ1) is 15.1. The van der Waals surface area contributed by atoms with Crippen molar-refractivity contribution in [3.05, 3.63) is 45.6 Å². The Morgan fingerprint density at radius 2 is 2.21 bits per heavy atom. The van der Waals surface area contributed by atoms with Gasteiger partial charge in [0.15, 0.2) is 0 Å². The van der Waals surface area contributed by atoms with E-state index in [1.165, 1.54) is 10.7 Å². The van der Waals surface area contributed by atoms with E-state index in [0.717, 1.165) is 24.2 Å². The highest BCUT2D eigenvalue weighted by atomic mass is 16.5. The largest absolute Gasteiger partial charge is 0.377 e. The molecule has 2 aromatic rings. The molecule has 1 aliphatic carbocycles. The minimum Gasteiger partial charge on any atom is -0.377 e. The molecule has 4 rings (SSSR count). The van der Waals surface area contributed by atoms with Crippen molar-refractivity contribution in [3.8, 4) is 0 Å². The second-order valence-corrected chi connectivity index (χ2v) is 6.43. The molecule has 1 saturated carbocycles. The van der Waals surface area contributed by atoms with Crippen LogP contribution in [0.4, 0.5) is 0 Å². The number of aryl methyl sites for hydroxylation is 1. The summed E-state index contributed by atoms with van der Waals surface area (Å²) in [5, 5.41) is 14.2. The second kappa shape index (κ2) is 5.86. The Bertz CT molecular complexity index is 823. The van der Waals surface area contributed by atoms with Crippen molar-refractivity contribution >= 4 is 5.91 Å². The van der Waals surface area contributed by atoms with Crippen LogP contribution in [0.25, 0.3) is 0 Å². The first-order valence-corrected chi connectivity index (χ1v) is 8.12. The SMILES string of the molecule is Cc1ccc(=O)n(C2COCC2NC(=O)c2cc(C3CC3)[nH]n2)n1. The number of aromatic amines is 1. The third kappa shape index (κ3) is 2.84. The van der Waals surface area contributed by atoms with Crippen LogP contribution in [0.15, 0.2) is 23.0 Å². The fourth-order valence-electron chi connectivity index (χ4n) is 2.98. The summed E-state index contributed by atoms with van der Waals surface area (Å²) in [5.74, 6) is 0.246. The fraction of sp³-hybridized carbons (Fsp3) is 0.500. The molecule has 1 saturated heterocycles. The number of hydrogen-bond acceptors (Lipinski definition) is 5. The van der Waals surface area contributed by atoms with Gasteiger partial charge in [0.1, 0.15) is 11.7 Å². The summed E-state index contributed by atoms with van der Waals surface area (Å²) < 4.78 is 6.86. The summed E-state index contributed by atoms with van der Waals surface area (Å²) in [6.07, 6.45) is 2.29. The highest BCUT2D eigenvalue weighted by Crippen LogP contribution is 2.39. The van der Waals surface area contributed by atoms with E-state index in [1.54, 1.807) is 12.1 Å². The Labute approximate surface area is 138 Å². The zero-order chi connectivity index (χ0) is 16.7. The van der Waals surface area contributed by atoms with Crippen LogP contribution in [0.2, 0.25) is 0 Å². The number of ether oxygens (including phenoxy) is 1. The maximum absolute atomic E-state index is 12.4. The third-order valence-electron chi connectivity index (χ3n) is 4.49. The van der Waals surface area contributed by atoms with Crippen LogP contribution in [0.3, 0.4) is 0 Å². The number of nitrogens with one attached hydrogen (secondary N) is 2. The van der Waals surface area contributed by atoms with E-state index in [1.807, 2.05) is 6.92 Å². The normalized spacial score (nSPS) is 23.4. The molecule has 1 amide bonds. The number of aromatic nitrogens is 4. The highest BCUT2D eigenvalue weighted by Gasteiger charge is 2.33. The van der Waals surface area contributed by atoms with Gasteiger partial charge in [-0.15, -0.1) is 0 Å². The number of H-pyrrole nitrogens is 1. The molecule has 2 fully saturated rings. The Balaban J connectivity index is 1.51. The number of carbonyl (C=O) groups is 1. The minimum absolute atomic E-state index is 0.203. The number of hydrogen-bond donors (Lipinski definition) is 2. The van der Waals surface area contributed by atoms with Crippen molar-refractivity contribution in [3.63, 3.8) is 0 Å². The molecule has 0 bridgehead atoms. The summed E-state index contributed by atoms with van der Waals surface area (Å²) in [6, 6.07) is 4.32. The van der Waals surface area contributed by atoms with Crippen LogP contribution in [-0.4, -0.2) is 45.1 Å². The first-order valence-electron chi connectivity index (χ1n) is 8.12. The van der Waals surface area contributed by atoms with E-state index < -0.39 is 0 Å². The topological polar surface area (TPSA) is 102 Å². The van der Waals surface area contributed by atoms with Crippen LogP contribution in [-0.2, 0) is 4.74 Å². The van der Waals surface area contributed by atoms with Crippen molar-refractivity contribution in [1.29, 1.82) is 0 Å². The van der Waals surface area contributed by atoms with Crippen LogP contribution in [0.5, 0.6) is 0 Å². The quantitative estimate of drug-likeness (QED) is 0.851. The number of nitrogens with zero attached hydrogens (tertiary/aromatic N) is 3. The van der Waals surface area contributed by atoms with Crippen molar-refractivity contribution in [1.82, 2.24) is 25.3 Å². The van der Waals surface area contributed by atoms with E-state index >= 15 is 0 Å².